The van der Waals surface area contributed by atoms with E-state index in [4.69, 9.17) is 9.47 Å². The molecule has 30 heavy (non-hydrogen) atoms. The van der Waals surface area contributed by atoms with Gasteiger partial charge in [0, 0.05) is 5.56 Å². The first-order valence-electron chi connectivity index (χ1n) is 8.97. The van der Waals surface area contributed by atoms with E-state index >= 15 is 0 Å². The third-order valence-electron chi connectivity index (χ3n) is 3.97. The summed E-state index contributed by atoms with van der Waals surface area (Å²) in [7, 11) is 0. The van der Waals surface area contributed by atoms with E-state index in [0.717, 1.165) is 0 Å². The summed E-state index contributed by atoms with van der Waals surface area (Å²) in [6, 6.07) is 17.3. The number of carbonyl (C=O) groups is 2. The van der Waals surface area contributed by atoms with Crippen LogP contribution in [0.25, 0.3) is 0 Å². The number of hydrazine groups is 1. The van der Waals surface area contributed by atoms with Gasteiger partial charge >= 0.3 is 0 Å². The zero-order valence-corrected chi connectivity index (χ0v) is 15.9. The molecule has 0 saturated carbocycles. The molecule has 2 N–H and O–H groups in total. The van der Waals surface area contributed by atoms with E-state index in [9.17, 15) is 18.4 Å². The van der Waals surface area contributed by atoms with Crippen LogP contribution in [-0.4, -0.2) is 17.9 Å². The van der Waals surface area contributed by atoms with E-state index in [1.54, 1.807) is 18.2 Å². The van der Waals surface area contributed by atoms with Crippen LogP contribution in [0, 0.1) is 11.6 Å². The van der Waals surface area contributed by atoms with Gasteiger partial charge in [-0.05, 0) is 67.6 Å². The van der Waals surface area contributed by atoms with Crippen molar-refractivity contribution in [3.63, 3.8) is 0 Å². The van der Waals surface area contributed by atoms with Gasteiger partial charge in [0.25, 0.3) is 11.8 Å². The van der Waals surface area contributed by atoms with Crippen LogP contribution in [0.4, 0.5) is 8.78 Å². The molecule has 2 amide bonds. The molecule has 3 aromatic rings. The van der Waals surface area contributed by atoms with E-state index in [1.807, 2.05) is 0 Å². The molecule has 3 rings (SSSR count). The fraction of sp³-hybridized carbons (Fsp3) is 0.0909. The number of benzene rings is 3. The Morgan fingerprint density at radius 2 is 1.43 bits per heavy atom. The third kappa shape index (κ3) is 5.54. The van der Waals surface area contributed by atoms with Crippen LogP contribution in [-0.2, 0) is 4.79 Å². The standard InChI is InChI=1S/C22H18F2N2O4/c1-14(29-20-5-3-2-4-19(20)24)21(27)25-26-22(28)15-6-10-17(11-7-15)30-18-12-8-16(23)9-13-18/h2-14H,1H3,(H,25,27)(H,26,28). The minimum Gasteiger partial charge on any atom is -0.478 e. The molecule has 0 spiro atoms. The Labute approximate surface area is 171 Å². The van der Waals surface area contributed by atoms with Crippen LogP contribution in [0.1, 0.15) is 17.3 Å². The van der Waals surface area contributed by atoms with E-state index in [0.29, 0.717) is 11.5 Å². The minimum atomic E-state index is -1.03. The van der Waals surface area contributed by atoms with Crippen LogP contribution >= 0.6 is 0 Å². The average molecular weight is 412 g/mol. The number of ether oxygens (including phenoxy) is 2. The molecule has 0 radical (unpaired) electrons. The maximum atomic E-state index is 13.6. The SMILES string of the molecule is CC(Oc1ccccc1F)C(=O)NNC(=O)c1ccc(Oc2ccc(F)cc2)cc1. The Bertz CT molecular complexity index is 1020. The topological polar surface area (TPSA) is 76.7 Å². The third-order valence-corrected chi connectivity index (χ3v) is 3.97. The molecule has 0 aliphatic heterocycles. The highest BCUT2D eigenvalue weighted by Crippen LogP contribution is 2.22. The number of carbonyl (C=O) groups excluding carboxylic acids is 2. The Morgan fingerprint density at radius 3 is 2.07 bits per heavy atom. The van der Waals surface area contributed by atoms with Gasteiger partial charge < -0.3 is 9.47 Å². The number of hydrogen-bond donors (Lipinski definition) is 2. The van der Waals surface area contributed by atoms with Crippen molar-refractivity contribution in [3.8, 4) is 17.2 Å². The number of rotatable bonds is 6. The van der Waals surface area contributed by atoms with Crippen LogP contribution in [0.3, 0.4) is 0 Å². The van der Waals surface area contributed by atoms with Crippen LogP contribution < -0.4 is 20.3 Å². The van der Waals surface area contributed by atoms with Crippen molar-refractivity contribution in [3.05, 3.63) is 90.0 Å². The Balaban J connectivity index is 1.51. The average Bonchev–Trinajstić information content (AvgIpc) is 2.75. The molecule has 0 saturated heterocycles. The molecule has 0 heterocycles. The zero-order valence-electron chi connectivity index (χ0n) is 15.9. The van der Waals surface area contributed by atoms with Gasteiger partial charge in [-0.25, -0.2) is 8.78 Å². The molecule has 0 aliphatic carbocycles. The predicted octanol–water partition coefficient (Wildman–Crippen LogP) is 3.99. The summed E-state index contributed by atoms with van der Waals surface area (Å²) < 4.78 is 37.3. The molecule has 3 aromatic carbocycles. The van der Waals surface area contributed by atoms with Crippen molar-refractivity contribution in [2.45, 2.75) is 13.0 Å². The lowest BCUT2D eigenvalue weighted by molar-refractivity contribution is -0.128. The second kappa shape index (κ2) is 9.51. The maximum absolute atomic E-state index is 13.6. The number of halogens is 2. The molecule has 8 heteroatoms. The van der Waals surface area contributed by atoms with Gasteiger partial charge in [-0.2, -0.15) is 0 Å². The number of hydrogen-bond acceptors (Lipinski definition) is 4. The fourth-order valence-corrected chi connectivity index (χ4v) is 2.39. The number of nitrogens with one attached hydrogen (secondary N) is 2. The molecule has 154 valence electrons. The van der Waals surface area contributed by atoms with Gasteiger partial charge in [0.2, 0.25) is 0 Å². The molecule has 0 aliphatic rings. The van der Waals surface area contributed by atoms with Gasteiger partial charge in [0.05, 0.1) is 0 Å². The molecular weight excluding hydrogens is 394 g/mol. The second-order valence-corrected chi connectivity index (χ2v) is 6.21. The summed E-state index contributed by atoms with van der Waals surface area (Å²) in [6.07, 6.45) is -1.03. The molecule has 1 unspecified atom stereocenters. The van der Waals surface area contributed by atoms with E-state index in [1.165, 1.54) is 61.5 Å². The van der Waals surface area contributed by atoms with Crippen molar-refractivity contribution >= 4 is 11.8 Å². The first-order valence-corrected chi connectivity index (χ1v) is 8.97. The summed E-state index contributed by atoms with van der Waals surface area (Å²) in [6.45, 7) is 1.43. The Morgan fingerprint density at radius 1 is 0.833 bits per heavy atom. The highest BCUT2D eigenvalue weighted by atomic mass is 19.1. The van der Waals surface area contributed by atoms with Crippen molar-refractivity contribution < 1.29 is 27.8 Å². The van der Waals surface area contributed by atoms with Gasteiger partial charge in [0.15, 0.2) is 17.7 Å². The van der Waals surface area contributed by atoms with E-state index in [-0.39, 0.29) is 17.1 Å². The van der Waals surface area contributed by atoms with E-state index < -0.39 is 23.7 Å². The minimum absolute atomic E-state index is 0.0665. The second-order valence-electron chi connectivity index (χ2n) is 6.21. The van der Waals surface area contributed by atoms with Gasteiger partial charge in [-0.15, -0.1) is 0 Å². The molecular formula is C22H18F2N2O4. The van der Waals surface area contributed by atoms with Gasteiger partial charge in [-0.1, -0.05) is 12.1 Å². The van der Waals surface area contributed by atoms with Crippen molar-refractivity contribution in [1.82, 2.24) is 10.9 Å². The summed E-state index contributed by atoms with van der Waals surface area (Å²) in [5.74, 6) is -1.34. The summed E-state index contributed by atoms with van der Waals surface area (Å²) in [5.41, 5.74) is 4.76. The molecule has 6 nitrogen and oxygen atoms in total. The predicted molar refractivity (Wildman–Crippen MR) is 105 cm³/mol. The lowest BCUT2D eigenvalue weighted by Gasteiger charge is -2.15. The fourth-order valence-electron chi connectivity index (χ4n) is 2.39. The molecule has 1 atom stereocenters. The van der Waals surface area contributed by atoms with Crippen molar-refractivity contribution in [2.75, 3.05) is 0 Å². The zero-order chi connectivity index (χ0) is 21.5. The normalized spacial score (nSPS) is 11.3. The number of para-hydroxylation sites is 1. The van der Waals surface area contributed by atoms with Gasteiger partial charge in [-0.3, -0.25) is 20.4 Å². The Kier molecular flexibility index (Phi) is 6.59. The quantitative estimate of drug-likeness (QED) is 0.601. The number of amides is 2. The van der Waals surface area contributed by atoms with Crippen molar-refractivity contribution in [2.24, 2.45) is 0 Å². The first-order chi connectivity index (χ1) is 14.4. The van der Waals surface area contributed by atoms with Crippen LogP contribution in [0.5, 0.6) is 17.2 Å². The lowest BCUT2D eigenvalue weighted by atomic mass is 10.2. The monoisotopic (exact) mass is 412 g/mol. The Hall–Kier alpha value is -3.94. The summed E-state index contributed by atoms with van der Waals surface area (Å²) in [4.78, 5) is 24.2. The first kappa shape index (κ1) is 20.8. The van der Waals surface area contributed by atoms with Gasteiger partial charge in [0.1, 0.15) is 17.3 Å². The largest absolute Gasteiger partial charge is 0.478 e. The maximum Gasteiger partial charge on any atom is 0.279 e. The van der Waals surface area contributed by atoms with Crippen LogP contribution in [0.2, 0.25) is 0 Å². The lowest BCUT2D eigenvalue weighted by Crippen LogP contribution is -2.47. The van der Waals surface area contributed by atoms with Crippen LogP contribution in [0.15, 0.2) is 72.8 Å². The summed E-state index contributed by atoms with van der Waals surface area (Å²) in [5, 5.41) is 0. The van der Waals surface area contributed by atoms with E-state index in [2.05, 4.69) is 10.9 Å². The smallest absolute Gasteiger partial charge is 0.279 e. The molecule has 0 aromatic heterocycles. The highest BCUT2D eigenvalue weighted by molar-refractivity contribution is 5.95. The molecule has 0 bridgehead atoms. The highest BCUT2D eigenvalue weighted by Gasteiger charge is 2.17. The molecule has 0 fully saturated rings. The summed E-state index contributed by atoms with van der Waals surface area (Å²) >= 11 is 0. The van der Waals surface area contributed by atoms with Crippen molar-refractivity contribution in [1.29, 1.82) is 0 Å².